The predicted octanol–water partition coefficient (Wildman–Crippen LogP) is 4.73. The number of hydrogen-bond acceptors (Lipinski definition) is 3. The van der Waals surface area contributed by atoms with Crippen molar-refractivity contribution in [2.45, 2.75) is 12.5 Å². The molecule has 4 rings (SSSR count). The third kappa shape index (κ3) is 5.52. The van der Waals surface area contributed by atoms with Gasteiger partial charge in [-0.1, -0.05) is 66.7 Å². The van der Waals surface area contributed by atoms with Crippen LogP contribution < -0.4 is 5.32 Å². The number of hydrogen-bond donors (Lipinski definition) is 1. The van der Waals surface area contributed by atoms with Crippen LogP contribution >= 0.6 is 0 Å². The molecule has 1 unspecified atom stereocenters. The molecule has 1 aromatic heterocycles. The van der Waals surface area contributed by atoms with Crippen LogP contribution in [-0.2, 0) is 16.0 Å². The lowest BCUT2D eigenvalue weighted by Gasteiger charge is -2.19. The number of nitrogens with one attached hydrogen (secondary N) is 1. The zero-order valence-electron chi connectivity index (χ0n) is 17.6. The van der Waals surface area contributed by atoms with Crippen LogP contribution in [0.15, 0.2) is 109 Å². The van der Waals surface area contributed by atoms with E-state index in [2.05, 4.69) is 5.32 Å². The molecule has 0 aliphatic rings. The Morgan fingerprint density at radius 2 is 1.50 bits per heavy atom. The fourth-order valence-corrected chi connectivity index (χ4v) is 3.54. The summed E-state index contributed by atoms with van der Waals surface area (Å²) < 4.78 is 7.19. The van der Waals surface area contributed by atoms with E-state index in [1.54, 1.807) is 18.2 Å². The van der Waals surface area contributed by atoms with Crippen LogP contribution in [0.1, 0.15) is 27.5 Å². The molecule has 3 aromatic carbocycles. The maximum absolute atomic E-state index is 12.6. The molecule has 5 heteroatoms. The Labute approximate surface area is 187 Å². The Hall–Kier alpha value is -4.12. The Kier molecular flexibility index (Phi) is 6.78. The molecule has 32 heavy (non-hydrogen) atoms. The molecule has 0 spiro atoms. The molecular formula is C27H24N2O3. The molecule has 1 N–H and O–H groups in total. The van der Waals surface area contributed by atoms with Gasteiger partial charge in [0.05, 0.1) is 11.6 Å². The fourth-order valence-electron chi connectivity index (χ4n) is 3.54. The van der Waals surface area contributed by atoms with E-state index < -0.39 is 5.97 Å². The highest BCUT2D eigenvalue weighted by Crippen LogP contribution is 2.18. The van der Waals surface area contributed by atoms with Crippen LogP contribution in [0, 0.1) is 0 Å². The Morgan fingerprint density at radius 1 is 0.812 bits per heavy atom. The predicted molar refractivity (Wildman–Crippen MR) is 124 cm³/mol. The van der Waals surface area contributed by atoms with E-state index in [0.29, 0.717) is 12.0 Å². The summed E-state index contributed by atoms with van der Waals surface area (Å²) in [6, 6.07) is 30.5. The maximum atomic E-state index is 12.6. The summed E-state index contributed by atoms with van der Waals surface area (Å²) in [6.07, 6.45) is 4.44. The van der Waals surface area contributed by atoms with E-state index in [1.807, 2.05) is 95.8 Å². The SMILES string of the molecule is O=C(COC(=O)c1cccc(-n2cccc2)c1)NC(Cc1ccccc1)c1ccccc1. The van der Waals surface area contributed by atoms with Gasteiger partial charge in [-0.25, -0.2) is 4.79 Å². The van der Waals surface area contributed by atoms with Crippen LogP contribution in [0.3, 0.4) is 0 Å². The zero-order chi connectivity index (χ0) is 22.2. The minimum Gasteiger partial charge on any atom is -0.452 e. The number of carbonyl (C=O) groups is 2. The van der Waals surface area contributed by atoms with Gasteiger partial charge in [0.1, 0.15) is 0 Å². The fraction of sp³-hybridized carbons (Fsp3) is 0.111. The van der Waals surface area contributed by atoms with Gasteiger partial charge in [0.15, 0.2) is 6.61 Å². The van der Waals surface area contributed by atoms with Crippen molar-refractivity contribution in [3.05, 3.63) is 126 Å². The first kappa shape index (κ1) is 21.1. The van der Waals surface area contributed by atoms with Gasteiger partial charge >= 0.3 is 5.97 Å². The largest absolute Gasteiger partial charge is 0.452 e. The Morgan fingerprint density at radius 3 is 2.22 bits per heavy atom. The van der Waals surface area contributed by atoms with Crippen molar-refractivity contribution in [2.75, 3.05) is 6.61 Å². The highest BCUT2D eigenvalue weighted by molar-refractivity contribution is 5.91. The van der Waals surface area contributed by atoms with Gasteiger partial charge in [-0.3, -0.25) is 4.79 Å². The van der Waals surface area contributed by atoms with Crippen LogP contribution in [0.2, 0.25) is 0 Å². The summed E-state index contributed by atoms with van der Waals surface area (Å²) in [5, 5.41) is 3.00. The molecule has 0 saturated carbocycles. The van der Waals surface area contributed by atoms with E-state index in [9.17, 15) is 9.59 Å². The normalized spacial score (nSPS) is 11.5. The summed E-state index contributed by atoms with van der Waals surface area (Å²) in [5.41, 5.74) is 3.35. The molecule has 1 atom stereocenters. The van der Waals surface area contributed by atoms with Crippen molar-refractivity contribution in [3.8, 4) is 5.69 Å². The molecule has 0 radical (unpaired) electrons. The standard InChI is InChI=1S/C27H24N2O3/c30-26(20-32-27(31)23-14-9-15-24(19-23)29-16-7-8-17-29)28-25(22-12-5-2-6-13-22)18-21-10-3-1-4-11-21/h1-17,19,25H,18,20H2,(H,28,30). The van der Waals surface area contributed by atoms with Crippen LogP contribution in [0.4, 0.5) is 0 Å². The van der Waals surface area contributed by atoms with E-state index in [-0.39, 0.29) is 18.6 Å². The summed E-state index contributed by atoms with van der Waals surface area (Å²) in [6.45, 7) is -0.343. The molecule has 0 aliphatic carbocycles. The van der Waals surface area contributed by atoms with Gasteiger partial charge in [0, 0.05) is 18.1 Å². The van der Waals surface area contributed by atoms with Crippen molar-refractivity contribution in [2.24, 2.45) is 0 Å². The highest BCUT2D eigenvalue weighted by Gasteiger charge is 2.17. The molecule has 0 bridgehead atoms. The minimum atomic E-state index is -0.534. The van der Waals surface area contributed by atoms with Gasteiger partial charge < -0.3 is 14.6 Å². The van der Waals surface area contributed by atoms with Crippen molar-refractivity contribution in [1.29, 1.82) is 0 Å². The first-order valence-electron chi connectivity index (χ1n) is 10.5. The van der Waals surface area contributed by atoms with Crippen LogP contribution in [0.25, 0.3) is 5.69 Å². The lowest BCUT2D eigenvalue weighted by molar-refractivity contribution is -0.125. The van der Waals surface area contributed by atoms with Crippen molar-refractivity contribution in [1.82, 2.24) is 9.88 Å². The van der Waals surface area contributed by atoms with E-state index in [0.717, 1.165) is 16.8 Å². The highest BCUT2D eigenvalue weighted by atomic mass is 16.5. The molecule has 4 aromatic rings. The van der Waals surface area contributed by atoms with Gasteiger partial charge in [0.25, 0.3) is 5.91 Å². The Bertz CT molecular complexity index is 1160. The molecule has 160 valence electrons. The molecule has 1 amide bonds. The number of nitrogens with zero attached hydrogens (tertiary/aromatic N) is 1. The first-order chi connectivity index (χ1) is 15.7. The summed E-state index contributed by atoms with van der Waals surface area (Å²) >= 11 is 0. The molecule has 0 aliphatic heterocycles. The molecule has 0 fully saturated rings. The van der Waals surface area contributed by atoms with Gasteiger partial charge in [-0.15, -0.1) is 0 Å². The van der Waals surface area contributed by atoms with Crippen molar-refractivity contribution >= 4 is 11.9 Å². The molecule has 1 heterocycles. The van der Waals surface area contributed by atoms with Crippen LogP contribution in [0.5, 0.6) is 0 Å². The number of amides is 1. The lowest BCUT2D eigenvalue weighted by atomic mass is 9.99. The van der Waals surface area contributed by atoms with Gasteiger partial charge in [0.2, 0.25) is 0 Å². The topological polar surface area (TPSA) is 60.3 Å². The number of benzene rings is 3. The van der Waals surface area contributed by atoms with E-state index in [1.165, 1.54) is 0 Å². The summed E-state index contributed by atoms with van der Waals surface area (Å²) in [5.74, 6) is -0.877. The van der Waals surface area contributed by atoms with Gasteiger partial charge in [-0.2, -0.15) is 0 Å². The second kappa shape index (κ2) is 10.3. The Balaban J connectivity index is 1.39. The van der Waals surface area contributed by atoms with Crippen molar-refractivity contribution < 1.29 is 14.3 Å². The number of ether oxygens (including phenoxy) is 1. The average molecular weight is 425 g/mol. The second-order valence-electron chi connectivity index (χ2n) is 7.44. The number of carbonyl (C=O) groups excluding carboxylic acids is 2. The number of aromatic nitrogens is 1. The summed E-state index contributed by atoms with van der Waals surface area (Å²) in [4.78, 5) is 25.1. The maximum Gasteiger partial charge on any atom is 0.338 e. The van der Waals surface area contributed by atoms with Crippen LogP contribution in [-0.4, -0.2) is 23.1 Å². The second-order valence-corrected chi connectivity index (χ2v) is 7.44. The first-order valence-corrected chi connectivity index (χ1v) is 10.5. The van der Waals surface area contributed by atoms with Gasteiger partial charge in [-0.05, 0) is 47.9 Å². The molecule has 5 nitrogen and oxygen atoms in total. The third-order valence-electron chi connectivity index (χ3n) is 5.14. The average Bonchev–Trinajstić information content (AvgIpc) is 3.39. The minimum absolute atomic E-state index is 0.220. The van der Waals surface area contributed by atoms with E-state index in [4.69, 9.17) is 4.74 Å². The number of esters is 1. The van der Waals surface area contributed by atoms with E-state index >= 15 is 0 Å². The quantitative estimate of drug-likeness (QED) is 0.416. The molecular weight excluding hydrogens is 400 g/mol. The lowest BCUT2D eigenvalue weighted by Crippen LogP contribution is -2.33. The third-order valence-corrected chi connectivity index (χ3v) is 5.14. The number of rotatable bonds is 8. The monoisotopic (exact) mass is 424 g/mol. The van der Waals surface area contributed by atoms with Crippen molar-refractivity contribution in [3.63, 3.8) is 0 Å². The smallest absolute Gasteiger partial charge is 0.338 e. The molecule has 0 saturated heterocycles. The zero-order valence-corrected chi connectivity index (χ0v) is 17.6. The summed E-state index contributed by atoms with van der Waals surface area (Å²) in [7, 11) is 0.